The molecule has 0 fully saturated rings. The van der Waals surface area contributed by atoms with Gasteiger partial charge in [0, 0.05) is 11.1 Å². The lowest BCUT2D eigenvalue weighted by Gasteiger charge is -2.10. The summed E-state index contributed by atoms with van der Waals surface area (Å²) in [6.07, 6.45) is 0. The van der Waals surface area contributed by atoms with E-state index >= 15 is 0 Å². The summed E-state index contributed by atoms with van der Waals surface area (Å²) in [5, 5.41) is 8.14. The topological polar surface area (TPSA) is 86.1 Å². The van der Waals surface area contributed by atoms with Crippen LogP contribution in [0.5, 0.6) is 11.5 Å². The monoisotopic (exact) mass is 412 g/mol. The molecule has 31 heavy (non-hydrogen) atoms. The summed E-state index contributed by atoms with van der Waals surface area (Å²) in [6.45, 7) is 2.20. The van der Waals surface area contributed by atoms with E-state index in [0.29, 0.717) is 23.3 Å². The van der Waals surface area contributed by atoms with Crippen LogP contribution in [0.1, 0.15) is 11.5 Å². The Balaban J connectivity index is 1.35. The fourth-order valence-electron chi connectivity index (χ4n) is 3.34. The van der Waals surface area contributed by atoms with Crippen molar-refractivity contribution in [3.8, 4) is 34.3 Å². The van der Waals surface area contributed by atoms with Crippen molar-refractivity contribution in [2.75, 3.05) is 7.11 Å². The normalized spacial score (nSPS) is 11.0. The van der Waals surface area contributed by atoms with E-state index in [0.717, 1.165) is 28.0 Å². The van der Waals surface area contributed by atoms with Gasteiger partial charge in [0.05, 0.1) is 18.1 Å². The van der Waals surface area contributed by atoms with Gasteiger partial charge in [0.15, 0.2) is 18.1 Å². The van der Waals surface area contributed by atoms with Crippen LogP contribution in [-0.4, -0.2) is 27.3 Å². The van der Waals surface area contributed by atoms with E-state index in [-0.39, 0.29) is 6.61 Å². The van der Waals surface area contributed by atoms with Crippen molar-refractivity contribution in [2.45, 2.75) is 13.5 Å². The number of fused-ring (bicyclic) bond motifs is 1. The third-order valence-electron chi connectivity index (χ3n) is 4.91. The maximum atomic E-state index is 5.88. The van der Waals surface area contributed by atoms with Crippen molar-refractivity contribution in [1.29, 1.82) is 0 Å². The van der Waals surface area contributed by atoms with E-state index in [1.165, 1.54) is 5.56 Å². The average molecular weight is 412 g/mol. The number of hydrogen-bond acceptors (Lipinski definition) is 6. The first kappa shape index (κ1) is 18.9. The van der Waals surface area contributed by atoms with Crippen LogP contribution in [0.15, 0.2) is 71.1 Å². The van der Waals surface area contributed by atoms with Crippen molar-refractivity contribution < 1.29 is 13.9 Å². The number of imidazole rings is 1. The van der Waals surface area contributed by atoms with E-state index in [1.54, 1.807) is 7.11 Å². The summed E-state index contributed by atoms with van der Waals surface area (Å²) in [6, 6.07) is 21.4. The molecule has 0 aliphatic rings. The number of aryl methyl sites for hydroxylation is 1. The van der Waals surface area contributed by atoms with Crippen LogP contribution in [0.4, 0.5) is 0 Å². The molecule has 5 aromatic rings. The molecule has 0 aliphatic heterocycles. The van der Waals surface area contributed by atoms with Crippen LogP contribution in [0.25, 0.3) is 33.9 Å². The van der Waals surface area contributed by atoms with Gasteiger partial charge in [-0.25, -0.2) is 4.98 Å². The first-order chi connectivity index (χ1) is 15.2. The Labute approximate surface area is 178 Å². The lowest BCUT2D eigenvalue weighted by Crippen LogP contribution is -1.98. The minimum atomic E-state index is 0.138. The third kappa shape index (κ3) is 3.85. The van der Waals surface area contributed by atoms with Crippen LogP contribution in [0.2, 0.25) is 0 Å². The predicted octanol–water partition coefficient (Wildman–Crippen LogP) is 5.18. The van der Waals surface area contributed by atoms with Gasteiger partial charge >= 0.3 is 0 Å². The molecule has 0 unspecified atom stereocenters. The maximum absolute atomic E-state index is 5.88. The highest BCUT2D eigenvalue weighted by atomic mass is 16.5. The zero-order valence-corrected chi connectivity index (χ0v) is 17.1. The third-order valence-corrected chi connectivity index (χ3v) is 4.91. The molecule has 2 aromatic heterocycles. The zero-order chi connectivity index (χ0) is 21.2. The Kier molecular flexibility index (Phi) is 4.84. The van der Waals surface area contributed by atoms with Crippen LogP contribution < -0.4 is 9.47 Å². The number of methoxy groups -OCH3 is 1. The zero-order valence-electron chi connectivity index (χ0n) is 17.1. The molecular weight excluding hydrogens is 392 g/mol. The Morgan fingerprint density at radius 3 is 2.61 bits per heavy atom. The van der Waals surface area contributed by atoms with Gasteiger partial charge < -0.3 is 18.9 Å². The Hall–Kier alpha value is -4.13. The van der Waals surface area contributed by atoms with E-state index in [4.69, 9.17) is 13.9 Å². The number of benzene rings is 3. The summed E-state index contributed by atoms with van der Waals surface area (Å²) in [7, 11) is 1.61. The Bertz CT molecular complexity index is 1340. The number of hydrogen-bond donors (Lipinski definition) is 1. The summed E-state index contributed by atoms with van der Waals surface area (Å²) in [5.74, 6) is 2.80. The number of ether oxygens (including phenoxy) is 2. The van der Waals surface area contributed by atoms with E-state index in [1.807, 2.05) is 60.7 Å². The highest BCUT2D eigenvalue weighted by Crippen LogP contribution is 2.33. The molecule has 0 bridgehead atoms. The fraction of sp³-hybridized carbons (Fsp3) is 0.125. The lowest BCUT2D eigenvalue weighted by molar-refractivity contribution is 0.251. The standard InChI is InChI=1S/C24H20N4O3/c1-15-8-10-18-19(12-15)26-23(25-18)17-9-11-20(21(13-17)29-2)30-14-22-27-28-24(31-22)16-6-4-3-5-7-16/h3-13H,14H2,1-2H3,(H,25,26). The van der Waals surface area contributed by atoms with Gasteiger partial charge in [-0.3, -0.25) is 0 Å². The number of aromatic nitrogens is 4. The van der Waals surface area contributed by atoms with Gasteiger partial charge in [-0.1, -0.05) is 24.3 Å². The summed E-state index contributed by atoms with van der Waals surface area (Å²) < 4.78 is 17.1. The molecule has 3 aromatic carbocycles. The highest BCUT2D eigenvalue weighted by molar-refractivity contribution is 5.80. The molecule has 0 amide bonds. The molecule has 0 saturated heterocycles. The Morgan fingerprint density at radius 2 is 1.77 bits per heavy atom. The summed E-state index contributed by atoms with van der Waals surface area (Å²) >= 11 is 0. The van der Waals surface area contributed by atoms with E-state index in [9.17, 15) is 0 Å². The van der Waals surface area contributed by atoms with Crippen molar-refractivity contribution >= 4 is 11.0 Å². The fourth-order valence-corrected chi connectivity index (χ4v) is 3.34. The summed E-state index contributed by atoms with van der Waals surface area (Å²) in [4.78, 5) is 8.03. The molecule has 0 spiro atoms. The number of nitrogens with zero attached hydrogens (tertiary/aromatic N) is 3. The largest absolute Gasteiger partial charge is 0.493 e. The van der Waals surface area contributed by atoms with Crippen molar-refractivity contribution in [1.82, 2.24) is 20.2 Å². The van der Waals surface area contributed by atoms with Crippen molar-refractivity contribution in [3.05, 3.63) is 78.2 Å². The van der Waals surface area contributed by atoms with Crippen LogP contribution in [-0.2, 0) is 6.61 Å². The number of rotatable bonds is 6. The summed E-state index contributed by atoms with van der Waals surface area (Å²) in [5.41, 5.74) is 4.87. The first-order valence-electron chi connectivity index (χ1n) is 9.85. The van der Waals surface area contributed by atoms with Crippen LogP contribution >= 0.6 is 0 Å². The maximum Gasteiger partial charge on any atom is 0.254 e. The van der Waals surface area contributed by atoms with Crippen LogP contribution in [0, 0.1) is 6.92 Å². The van der Waals surface area contributed by atoms with E-state index in [2.05, 4.69) is 33.2 Å². The van der Waals surface area contributed by atoms with Gasteiger partial charge in [-0.2, -0.15) is 0 Å². The number of nitrogens with one attached hydrogen (secondary N) is 1. The van der Waals surface area contributed by atoms with Gasteiger partial charge in [0.2, 0.25) is 5.89 Å². The second kappa shape index (κ2) is 7.95. The first-order valence-corrected chi connectivity index (χ1v) is 9.85. The smallest absolute Gasteiger partial charge is 0.254 e. The molecule has 0 saturated carbocycles. The second-order valence-electron chi connectivity index (χ2n) is 7.13. The minimum Gasteiger partial charge on any atom is -0.493 e. The van der Waals surface area contributed by atoms with Gasteiger partial charge in [0.25, 0.3) is 5.89 Å². The Morgan fingerprint density at radius 1 is 0.903 bits per heavy atom. The molecule has 1 N–H and O–H groups in total. The van der Waals surface area contributed by atoms with Crippen molar-refractivity contribution in [3.63, 3.8) is 0 Å². The molecule has 7 heteroatoms. The molecular formula is C24H20N4O3. The van der Waals surface area contributed by atoms with E-state index < -0.39 is 0 Å². The van der Waals surface area contributed by atoms with Crippen molar-refractivity contribution in [2.24, 2.45) is 0 Å². The number of H-pyrrole nitrogens is 1. The van der Waals surface area contributed by atoms with Gasteiger partial charge in [-0.15, -0.1) is 10.2 Å². The molecule has 0 aliphatic carbocycles. The predicted molar refractivity (Wildman–Crippen MR) is 117 cm³/mol. The molecule has 0 radical (unpaired) electrons. The molecule has 0 atom stereocenters. The highest BCUT2D eigenvalue weighted by Gasteiger charge is 2.13. The SMILES string of the molecule is COc1cc(-c2nc3ccc(C)cc3[nH]2)ccc1OCc1nnc(-c2ccccc2)o1. The molecule has 2 heterocycles. The molecule has 154 valence electrons. The quantitative estimate of drug-likeness (QED) is 0.414. The van der Waals surface area contributed by atoms with Gasteiger partial charge in [-0.05, 0) is 55.0 Å². The number of aromatic amines is 1. The molecule has 5 rings (SSSR count). The molecule has 7 nitrogen and oxygen atoms in total. The average Bonchev–Trinajstić information content (AvgIpc) is 3.45. The van der Waals surface area contributed by atoms with Crippen LogP contribution in [0.3, 0.4) is 0 Å². The lowest BCUT2D eigenvalue weighted by atomic mass is 10.2. The minimum absolute atomic E-state index is 0.138. The second-order valence-corrected chi connectivity index (χ2v) is 7.13. The van der Waals surface area contributed by atoms with Gasteiger partial charge in [0.1, 0.15) is 5.82 Å².